The van der Waals surface area contributed by atoms with E-state index in [-0.39, 0.29) is 17.8 Å². The fourth-order valence-corrected chi connectivity index (χ4v) is 2.86. The van der Waals surface area contributed by atoms with E-state index in [1.54, 1.807) is 4.72 Å². The number of hydrogen-bond acceptors (Lipinski definition) is 8. The van der Waals surface area contributed by atoms with Crippen molar-refractivity contribution in [3.05, 3.63) is 35.7 Å². The zero-order valence-corrected chi connectivity index (χ0v) is 13.9. The quantitative estimate of drug-likeness (QED) is 0.612. The summed E-state index contributed by atoms with van der Waals surface area (Å²) >= 11 is 0. The third-order valence-corrected chi connectivity index (χ3v) is 4.18. The molecule has 1 aromatic carbocycles. The summed E-state index contributed by atoms with van der Waals surface area (Å²) in [6, 6.07) is 3.37. The number of aromatic carboxylic acids is 1. The standard InChI is InChI=1S/C14H11N5O6S/c1-3-10-15-12(18-14(16-10)25-2)17-13(22)19-26(23,24)9-7-5-4-6-8(9)11(20)21/h1,4-7H,2H3,(H,20,21)(H2,15,16,17,18,19,22). The summed E-state index contributed by atoms with van der Waals surface area (Å²) in [5.74, 6) is 0.142. The minimum atomic E-state index is -4.47. The van der Waals surface area contributed by atoms with Crippen LogP contribution in [-0.4, -0.2) is 47.6 Å². The number of anilines is 1. The number of carbonyl (C=O) groups excluding carboxylic acids is 1. The normalized spacial score (nSPS) is 10.5. The molecule has 3 N–H and O–H groups in total. The van der Waals surface area contributed by atoms with E-state index in [0.29, 0.717) is 0 Å². The van der Waals surface area contributed by atoms with E-state index in [0.717, 1.165) is 12.1 Å². The van der Waals surface area contributed by atoms with Gasteiger partial charge in [-0.1, -0.05) is 12.1 Å². The van der Waals surface area contributed by atoms with Gasteiger partial charge >= 0.3 is 18.0 Å². The van der Waals surface area contributed by atoms with E-state index in [4.69, 9.17) is 16.3 Å². The Morgan fingerprint density at radius 2 is 1.92 bits per heavy atom. The summed E-state index contributed by atoms with van der Waals surface area (Å²) in [6.45, 7) is 0. The van der Waals surface area contributed by atoms with Gasteiger partial charge in [-0.15, -0.1) is 6.42 Å². The molecule has 0 aliphatic carbocycles. The maximum absolute atomic E-state index is 12.3. The third kappa shape index (κ3) is 4.22. The topological polar surface area (TPSA) is 160 Å². The molecule has 0 atom stereocenters. The molecule has 0 aliphatic rings. The number of hydrogen-bond donors (Lipinski definition) is 3. The van der Waals surface area contributed by atoms with Crippen molar-refractivity contribution in [3.8, 4) is 18.4 Å². The first-order chi connectivity index (χ1) is 12.3. The lowest BCUT2D eigenvalue weighted by atomic mass is 10.2. The molecule has 0 radical (unpaired) electrons. The van der Waals surface area contributed by atoms with Crippen LogP contribution >= 0.6 is 0 Å². The Balaban J connectivity index is 2.25. The smallest absolute Gasteiger partial charge is 0.337 e. The monoisotopic (exact) mass is 377 g/mol. The Kier molecular flexibility index (Phi) is 5.33. The number of carboxylic acids is 1. The summed E-state index contributed by atoms with van der Waals surface area (Å²) in [5, 5.41) is 11.1. The van der Waals surface area contributed by atoms with Gasteiger partial charge in [-0.25, -0.2) is 22.7 Å². The summed E-state index contributed by atoms with van der Waals surface area (Å²) in [6.07, 6.45) is 5.16. The number of rotatable bonds is 5. The van der Waals surface area contributed by atoms with Crippen LogP contribution in [0.3, 0.4) is 0 Å². The molecular formula is C14H11N5O6S. The zero-order chi connectivity index (χ0) is 19.3. The maximum Gasteiger partial charge on any atom is 0.337 e. The van der Waals surface area contributed by atoms with Crippen LogP contribution in [0.15, 0.2) is 29.2 Å². The maximum atomic E-state index is 12.3. The number of carboxylic acid groups (broad SMARTS) is 1. The van der Waals surface area contributed by atoms with E-state index in [1.807, 2.05) is 0 Å². The van der Waals surface area contributed by atoms with Crippen molar-refractivity contribution in [3.63, 3.8) is 0 Å². The van der Waals surface area contributed by atoms with E-state index >= 15 is 0 Å². The summed E-state index contributed by atoms with van der Waals surface area (Å²) < 4.78 is 31.0. The number of aromatic nitrogens is 3. The molecule has 0 aliphatic heterocycles. The van der Waals surface area contributed by atoms with Crippen LogP contribution in [-0.2, 0) is 10.0 Å². The molecule has 12 heteroatoms. The molecule has 134 valence electrons. The highest BCUT2D eigenvalue weighted by Gasteiger charge is 2.24. The number of sulfonamides is 1. The molecule has 11 nitrogen and oxygen atoms in total. The molecule has 0 spiro atoms. The Bertz CT molecular complexity index is 1010. The van der Waals surface area contributed by atoms with Gasteiger partial charge in [0, 0.05) is 0 Å². The number of methoxy groups -OCH3 is 1. The Labute approximate surface area is 147 Å². The van der Waals surface area contributed by atoms with E-state index in [2.05, 4.69) is 26.2 Å². The highest BCUT2D eigenvalue weighted by Crippen LogP contribution is 2.15. The Hall–Kier alpha value is -3.72. The molecule has 2 amide bonds. The molecule has 26 heavy (non-hydrogen) atoms. The number of carbonyl (C=O) groups is 2. The number of urea groups is 1. The van der Waals surface area contributed by atoms with E-state index in [1.165, 1.54) is 19.2 Å². The van der Waals surface area contributed by atoms with Crippen molar-refractivity contribution in [2.24, 2.45) is 0 Å². The van der Waals surface area contributed by atoms with Gasteiger partial charge < -0.3 is 9.84 Å². The predicted molar refractivity (Wildman–Crippen MR) is 87.1 cm³/mol. The fourth-order valence-electron chi connectivity index (χ4n) is 1.75. The summed E-state index contributed by atoms with van der Waals surface area (Å²) in [5.41, 5.74) is -0.496. The first-order valence-corrected chi connectivity index (χ1v) is 8.18. The van der Waals surface area contributed by atoms with Crippen LogP contribution in [0, 0.1) is 12.3 Å². The SMILES string of the molecule is C#Cc1nc(NC(=O)NS(=O)(=O)c2ccccc2C(=O)O)nc(OC)n1. The second-order valence-electron chi connectivity index (χ2n) is 4.47. The van der Waals surface area contributed by atoms with Crippen LogP contribution < -0.4 is 14.8 Å². The van der Waals surface area contributed by atoms with E-state index < -0.39 is 32.5 Å². The number of nitrogens with one attached hydrogen (secondary N) is 2. The number of benzene rings is 1. The van der Waals surface area contributed by atoms with Crippen LogP contribution in [0.5, 0.6) is 6.01 Å². The molecule has 1 aromatic heterocycles. The first kappa shape index (κ1) is 18.6. The average molecular weight is 377 g/mol. The Morgan fingerprint density at radius 1 is 1.23 bits per heavy atom. The fraction of sp³-hybridized carbons (Fsp3) is 0.0714. The number of terminal acetylenes is 1. The molecule has 0 bridgehead atoms. The van der Waals surface area contributed by atoms with Gasteiger partial charge in [0.25, 0.3) is 10.0 Å². The second kappa shape index (κ2) is 7.45. The summed E-state index contributed by atoms with van der Waals surface area (Å²) in [4.78, 5) is 33.6. The van der Waals surface area contributed by atoms with Gasteiger partial charge in [0.2, 0.25) is 11.8 Å². The van der Waals surface area contributed by atoms with Gasteiger partial charge in [0.1, 0.15) is 4.90 Å². The third-order valence-electron chi connectivity index (χ3n) is 2.79. The van der Waals surface area contributed by atoms with Gasteiger partial charge in [-0.3, -0.25) is 5.32 Å². The highest BCUT2D eigenvalue weighted by molar-refractivity contribution is 7.90. The molecule has 2 rings (SSSR count). The summed E-state index contributed by atoms with van der Waals surface area (Å²) in [7, 11) is -3.22. The van der Waals surface area contributed by atoms with Crippen molar-refractivity contribution in [1.82, 2.24) is 19.7 Å². The molecule has 0 saturated carbocycles. The van der Waals surface area contributed by atoms with Crippen molar-refractivity contribution in [2.45, 2.75) is 4.90 Å². The Morgan fingerprint density at radius 3 is 2.54 bits per heavy atom. The van der Waals surface area contributed by atoms with Gasteiger partial charge in [-0.05, 0) is 18.1 Å². The lowest BCUT2D eigenvalue weighted by Crippen LogP contribution is -2.35. The largest absolute Gasteiger partial charge is 0.478 e. The molecule has 0 saturated heterocycles. The number of amides is 2. The van der Waals surface area contributed by atoms with Gasteiger partial charge in [-0.2, -0.15) is 15.0 Å². The molecular weight excluding hydrogens is 366 g/mol. The highest BCUT2D eigenvalue weighted by atomic mass is 32.2. The number of ether oxygens (including phenoxy) is 1. The van der Waals surface area contributed by atoms with Crippen LogP contribution in [0.2, 0.25) is 0 Å². The lowest BCUT2D eigenvalue weighted by Gasteiger charge is -2.10. The zero-order valence-electron chi connectivity index (χ0n) is 13.1. The molecule has 2 aromatic rings. The van der Waals surface area contributed by atoms with Gasteiger partial charge in [0.15, 0.2) is 0 Å². The van der Waals surface area contributed by atoms with Crippen molar-refractivity contribution >= 4 is 28.0 Å². The van der Waals surface area contributed by atoms with Crippen LogP contribution in [0.25, 0.3) is 0 Å². The molecule has 0 unspecified atom stereocenters. The van der Waals surface area contributed by atoms with Crippen LogP contribution in [0.4, 0.5) is 10.7 Å². The van der Waals surface area contributed by atoms with Gasteiger partial charge in [0.05, 0.1) is 12.7 Å². The average Bonchev–Trinajstić information content (AvgIpc) is 2.60. The second-order valence-corrected chi connectivity index (χ2v) is 6.13. The lowest BCUT2D eigenvalue weighted by molar-refractivity contribution is 0.0692. The molecule has 1 heterocycles. The van der Waals surface area contributed by atoms with Crippen molar-refractivity contribution < 1.29 is 27.9 Å². The minimum Gasteiger partial charge on any atom is -0.478 e. The molecule has 0 fully saturated rings. The van der Waals surface area contributed by atoms with Crippen molar-refractivity contribution in [2.75, 3.05) is 12.4 Å². The minimum absolute atomic E-state index is 0.147. The van der Waals surface area contributed by atoms with E-state index in [9.17, 15) is 18.0 Å². The number of nitrogens with zero attached hydrogens (tertiary/aromatic N) is 3. The van der Waals surface area contributed by atoms with Crippen molar-refractivity contribution in [1.29, 1.82) is 0 Å². The van der Waals surface area contributed by atoms with Crippen LogP contribution in [0.1, 0.15) is 16.2 Å². The first-order valence-electron chi connectivity index (χ1n) is 6.69. The predicted octanol–water partition coefficient (Wildman–Crippen LogP) is 0.0701.